The van der Waals surface area contributed by atoms with Gasteiger partial charge in [-0.25, -0.2) is 12.7 Å². The molecule has 0 heterocycles. The number of rotatable bonds is 9. The summed E-state index contributed by atoms with van der Waals surface area (Å²) in [6, 6.07) is 0.253. The van der Waals surface area contributed by atoms with E-state index in [0.717, 1.165) is 19.4 Å². The molecule has 0 fully saturated rings. The maximum atomic E-state index is 11.7. The molecule has 104 valence electrons. The maximum absolute atomic E-state index is 11.7. The number of sulfonamides is 1. The van der Waals surface area contributed by atoms with Crippen molar-refractivity contribution >= 4 is 10.0 Å². The molecule has 0 saturated heterocycles. The van der Waals surface area contributed by atoms with Gasteiger partial charge in [0, 0.05) is 19.1 Å². The first kappa shape index (κ1) is 16.9. The first-order valence-corrected chi connectivity index (χ1v) is 8.34. The standard InChI is InChI=1S/C12H28N2O2S/c1-6-8-13-12(7-2)10-14(9-11(3)4)17(5,15)16/h11-13H,6-10H2,1-5H3/t12-/m1/s1. The zero-order chi connectivity index (χ0) is 13.5. The predicted molar refractivity (Wildman–Crippen MR) is 73.6 cm³/mol. The van der Waals surface area contributed by atoms with Crippen molar-refractivity contribution in [1.82, 2.24) is 9.62 Å². The molecule has 0 saturated carbocycles. The summed E-state index contributed by atoms with van der Waals surface area (Å²) in [5, 5.41) is 3.39. The Balaban J connectivity index is 4.49. The van der Waals surface area contributed by atoms with Crippen molar-refractivity contribution in [3.63, 3.8) is 0 Å². The minimum Gasteiger partial charge on any atom is -0.313 e. The smallest absolute Gasteiger partial charge is 0.211 e. The van der Waals surface area contributed by atoms with Crippen LogP contribution >= 0.6 is 0 Å². The molecule has 4 nitrogen and oxygen atoms in total. The quantitative estimate of drug-likeness (QED) is 0.689. The van der Waals surface area contributed by atoms with E-state index in [1.807, 2.05) is 13.8 Å². The van der Waals surface area contributed by atoms with E-state index in [1.165, 1.54) is 6.26 Å². The lowest BCUT2D eigenvalue weighted by Crippen LogP contribution is -2.44. The average Bonchev–Trinajstić information content (AvgIpc) is 2.20. The summed E-state index contributed by atoms with van der Waals surface area (Å²) in [7, 11) is -3.10. The summed E-state index contributed by atoms with van der Waals surface area (Å²) in [6.07, 6.45) is 3.31. The highest BCUT2D eigenvalue weighted by Crippen LogP contribution is 2.07. The third-order valence-electron chi connectivity index (χ3n) is 2.64. The minimum atomic E-state index is -3.10. The molecule has 0 aliphatic rings. The molecule has 0 rings (SSSR count). The van der Waals surface area contributed by atoms with E-state index in [1.54, 1.807) is 4.31 Å². The second-order valence-corrected chi connectivity index (χ2v) is 7.02. The van der Waals surface area contributed by atoms with Gasteiger partial charge in [-0.3, -0.25) is 0 Å². The maximum Gasteiger partial charge on any atom is 0.211 e. The van der Waals surface area contributed by atoms with E-state index in [-0.39, 0.29) is 6.04 Å². The van der Waals surface area contributed by atoms with Gasteiger partial charge in [0.2, 0.25) is 10.0 Å². The van der Waals surface area contributed by atoms with Gasteiger partial charge < -0.3 is 5.32 Å². The average molecular weight is 264 g/mol. The molecule has 0 bridgehead atoms. The second-order valence-electron chi connectivity index (χ2n) is 5.03. The second kappa shape index (κ2) is 8.06. The lowest BCUT2D eigenvalue weighted by atomic mass is 10.2. The SMILES string of the molecule is CCCN[C@H](CC)CN(CC(C)C)S(C)(=O)=O. The minimum absolute atomic E-state index is 0.253. The van der Waals surface area contributed by atoms with E-state index >= 15 is 0 Å². The Morgan fingerprint density at radius 1 is 1.18 bits per heavy atom. The van der Waals surface area contributed by atoms with Crippen LogP contribution in [0.25, 0.3) is 0 Å². The van der Waals surface area contributed by atoms with Gasteiger partial charge in [-0.15, -0.1) is 0 Å². The molecule has 5 heteroatoms. The third-order valence-corrected chi connectivity index (χ3v) is 3.87. The summed E-state index contributed by atoms with van der Waals surface area (Å²) in [4.78, 5) is 0. The molecule has 0 spiro atoms. The summed E-state index contributed by atoms with van der Waals surface area (Å²) in [5.74, 6) is 0.355. The van der Waals surface area contributed by atoms with E-state index in [0.29, 0.717) is 19.0 Å². The van der Waals surface area contributed by atoms with E-state index in [2.05, 4.69) is 19.2 Å². The van der Waals surface area contributed by atoms with Crippen LogP contribution in [0.15, 0.2) is 0 Å². The van der Waals surface area contributed by atoms with Crippen LogP contribution in [0.5, 0.6) is 0 Å². The number of nitrogens with one attached hydrogen (secondary N) is 1. The lowest BCUT2D eigenvalue weighted by Gasteiger charge is -2.27. The molecule has 0 aromatic rings. The summed E-state index contributed by atoms with van der Waals surface area (Å²) in [6.45, 7) is 10.4. The zero-order valence-electron chi connectivity index (χ0n) is 11.9. The molecule has 0 aromatic carbocycles. The summed E-state index contributed by atoms with van der Waals surface area (Å²) >= 11 is 0. The van der Waals surface area contributed by atoms with Crippen LogP contribution in [0, 0.1) is 5.92 Å². The fourth-order valence-corrected chi connectivity index (χ4v) is 2.70. The Morgan fingerprint density at radius 3 is 2.12 bits per heavy atom. The van der Waals surface area contributed by atoms with Crippen LogP contribution in [-0.4, -0.2) is 44.7 Å². The van der Waals surface area contributed by atoms with Crippen molar-refractivity contribution in [3.8, 4) is 0 Å². The molecule has 0 aromatic heterocycles. The Labute approximate surface area is 107 Å². The van der Waals surface area contributed by atoms with Gasteiger partial charge in [-0.1, -0.05) is 27.7 Å². The van der Waals surface area contributed by atoms with E-state index in [9.17, 15) is 8.42 Å². The Morgan fingerprint density at radius 2 is 1.76 bits per heavy atom. The fourth-order valence-electron chi connectivity index (χ4n) is 1.68. The molecular formula is C12H28N2O2S. The summed E-state index contributed by atoms with van der Waals surface area (Å²) < 4.78 is 25.0. The van der Waals surface area contributed by atoms with Gasteiger partial charge in [-0.2, -0.15) is 0 Å². The van der Waals surface area contributed by atoms with Gasteiger partial charge in [0.25, 0.3) is 0 Å². The predicted octanol–water partition coefficient (Wildman–Crippen LogP) is 1.68. The first-order chi connectivity index (χ1) is 7.81. The molecular weight excluding hydrogens is 236 g/mol. The van der Waals surface area contributed by atoms with Crippen molar-refractivity contribution < 1.29 is 8.42 Å². The van der Waals surface area contributed by atoms with Gasteiger partial charge in [0.1, 0.15) is 0 Å². The van der Waals surface area contributed by atoms with Crippen molar-refractivity contribution in [2.45, 2.75) is 46.6 Å². The zero-order valence-corrected chi connectivity index (χ0v) is 12.7. The van der Waals surface area contributed by atoms with Crippen LogP contribution in [-0.2, 0) is 10.0 Å². The summed E-state index contributed by atoms with van der Waals surface area (Å²) in [5.41, 5.74) is 0. The van der Waals surface area contributed by atoms with Crippen molar-refractivity contribution in [2.75, 3.05) is 25.9 Å². The van der Waals surface area contributed by atoms with Crippen LogP contribution in [0.1, 0.15) is 40.5 Å². The van der Waals surface area contributed by atoms with E-state index in [4.69, 9.17) is 0 Å². The highest BCUT2D eigenvalue weighted by atomic mass is 32.2. The Bertz CT molecular complexity index is 289. The van der Waals surface area contributed by atoms with Crippen LogP contribution < -0.4 is 5.32 Å². The van der Waals surface area contributed by atoms with Gasteiger partial charge in [0.15, 0.2) is 0 Å². The molecule has 0 unspecified atom stereocenters. The fraction of sp³-hybridized carbons (Fsp3) is 1.00. The van der Waals surface area contributed by atoms with Crippen LogP contribution in [0.3, 0.4) is 0 Å². The number of nitrogens with zero attached hydrogens (tertiary/aromatic N) is 1. The normalized spacial score (nSPS) is 14.5. The van der Waals surface area contributed by atoms with Gasteiger partial charge in [-0.05, 0) is 25.3 Å². The Hall–Kier alpha value is -0.130. The third kappa shape index (κ3) is 7.73. The molecule has 17 heavy (non-hydrogen) atoms. The molecule has 1 N–H and O–H groups in total. The molecule has 0 radical (unpaired) electrons. The lowest BCUT2D eigenvalue weighted by molar-refractivity contribution is 0.321. The Kier molecular flexibility index (Phi) is 8.00. The van der Waals surface area contributed by atoms with Crippen LogP contribution in [0.2, 0.25) is 0 Å². The molecule has 1 atom stereocenters. The highest BCUT2D eigenvalue weighted by Gasteiger charge is 2.21. The van der Waals surface area contributed by atoms with Gasteiger partial charge >= 0.3 is 0 Å². The number of hydrogen-bond donors (Lipinski definition) is 1. The molecule has 0 aliphatic heterocycles. The van der Waals surface area contributed by atoms with Crippen LogP contribution in [0.4, 0.5) is 0 Å². The largest absolute Gasteiger partial charge is 0.313 e. The first-order valence-electron chi connectivity index (χ1n) is 6.49. The monoisotopic (exact) mass is 264 g/mol. The molecule has 0 aliphatic carbocycles. The van der Waals surface area contributed by atoms with E-state index < -0.39 is 10.0 Å². The van der Waals surface area contributed by atoms with Crippen molar-refractivity contribution in [3.05, 3.63) is 0 Å². The van der Waals surface area contributed by atoms with Crippen molar-refractivity contribution in [2.24, 2.45) is 5.92 Å². The number of hydrogen-bond acceptors (Lipinski definition) is 3. The topological polar surface area (TPSA) is 49.4 Å². The van der Waals surface area contributed by atoms with Gasteiger partial charge in [0.05, 0.1) is 6.26 Å². The highest BCUT2D eigenvalue weighted by molar-refractivity contribution is 7.88. The molecule has 0 amide bonds. The van der Waals surface area contributed by atoms with Crippen molar-refractivity contribution in [1.29, 1.82) is 0 Å².